The molecule has 0 radical (unpaired) electrons. The molecule has 1 saturated heterocycles. The van der Waals surface area contributed by atoms with Crippen LogP contribution < -0.4 is 9.47 Å². The third-order valence-corrected chi connectivity index (χ3v) is 5.61. The molecule has 1 N–H and O–H groups in total. The molecule has 3 rings (SSSR count). The Hall–Kier alpha value is -2.16. The number of rotatable bonds is 13. The molecule has 0 saturated carbocycles. The standard InChI is InChI=1S/C25H36N2O5/c1-29-24-10-6-9-22(25(24)30-2)17-27(12-11-26-13-15-31-16-14-26)18-23(28)20-32-19-21-7-4-3-5-8-21/h3-10,23,28H,11-20H2,1-2H3. The van der Waals surface area contributed by atoms with Gasteiger partial charge in [0.2, 0.25) is 0 Å². The topological polar surface area (TPSA) is 63.6 Å². The van der Waals surface area contributed by atoms with Gasteiger partial charge in [-0.25, -0.2) is 0 Å². The van der Waals surface area contributed by atoms with E-state index < -0.39 is 6.10 Å². The van der Waals surface area contributed by atoms with E-state index in [1.165, 1.54) is 0 Å². The molecule has 1 atom stereocenters. The maximum absolute atomic E-state index is 10.7. The van der Waals surface area contributed by atoms with Gasteiger partial charge in [-0.2, -0.15) is 0 Å². The minimum atomic E-state index is -0.583. The molecular weight excluding hydrogens is 408 g/mol. The Morgan fingerprint density at radius 1 is 1.03 bits per heavy atom. The number of methoxy groups -OCH3 is 2. The second-order valence-electron chi connectivity index (χ2n) is 8.00. The molecule has 0 bridgehead atoms. The largest absolute Gasteiger partial charge is 0.493 e. The summed E-state index contributed by atoms with van der Waals surface area (Å²) < 4.78 is 22.3. The SMILES string of the molecule is COc1cccc(CN(CCN2CCOCC2)CC(O)COCc2ccccc2)c1OC. The molecule has 2 aromatic rings. The first-order chi connectivity index (χ1) is 15.7. The van der Waals surface area contributed by atoms with Crippen LogP contribution >= 0.6 is 0 Å². The summed E-state index contributed by atoms with van der Waals surface area (Å²) in [4.78, 5) is 4.65. The van der Waals surface area contributed by atoms with Gasteiger partial charge in [0.05, 0.1) is 46.8 Å². The summed E-state index contributed by atoms with van der Waals surface area (Å²) in [6, 6.07) is 15.9. The monoisotopic (exact) mass is 444 g/mol. The van der Waals surface area contributed by atoms with E-state index in [1.807, 2.05) is 48.5 Å². The van der Waals surface area contributed by atoms with Crippen molar-refractivity contribution in [3.63, 3.8) is 0 Å². The highest BCUT2D eigenvalue weighted by molar-refractivity contribution is 5.46. The third-order valence-electron chi connectivity index (χ3n) is 5.61. The van der Waals surface area contributed by atoms with Crippen LogP contribution in [0.25, 0.3) is 0 Å². The number of ether oxygens (including phenoxy) is 4. The molecule has 0 amide bonds. The Balaban J connectivity index is 1.59. The first-order valence-corrected chi connectivity index (χ1v) is 11.2. The van der Waals surface area contributed by atoms with E-state index in [9.17, 15) is 5.11 Å². The first-order valence-electron chi connectivity index (χ1n) is 11.2. The molecule has 2 aromatic carbocycles. The van der Waals surface area contributed by atoms with Gasteiger partial charge in [-0.3, -0.25) is 9.80 Å². The molecule has 1 unspecified atom stereocenters. The Morgan fingerprint density at radius 3 is 2.53 bits per heavy atom. The minimum Gasteiger partial charge on any atom is -0.493 e. The van der Waals surface area contributed by atoms with E-state index in [1.54, 1.807) is 14.2 Å². The highest BCUT2D eigenvalue weighted by Crippen LogP contribution is 2.31. The molecule has 1 aliphatic rings. The summed E-state index contributed by atoms with van der Waals surface area (Å²) in [6.07, 6.45) is -0.583. The lowest BCUT2D eigenvalue weighted by Crippen LogP contribution is -2.43. The van der Waals surface area contributed by atoms with Gasteiger partial charge in [0.15, 0.2) is 11.5 Å². The Kier molecular flexibility index (Phi) is 10.3. The van der Waals surface area contributed by atoms with Gasteiger partial charge in [-0.15, -0.1) is 0 Å². The van der Waals surface area contributed by atoms with Crippen LogP contribution in [0.15, 0.2) is 48.5 Å². The van der Waals surface area contributed by atoms with Crippen molar-refractivity contribution >= 4 is 0 Å². The minimum absolute atomic E-state index is 0.290. The van der Waals surface area contributed by atoms with E-state index >= 15 is 0 Å². The second kappa shape index (κ2) is 13.4. The summed E-state index contributed by atoms with van der Waals surface area (Å²) >= 11 is 0. The molecule has 0 aromatic heterocycles. The first kappa shape index (κ1) is 24.5. The van der Waals surface area contributed by atoms with Crippen molar-refractivity contribution in [2.24, 2.45) is 0 Å². The fraction of sp³-hybridized carbons (Fsp3) is 0.520. The number of para-hydroxylation sites is 1. The molecule has 0 spiro atoms. The van der Waals surface area contributed by atoms with Crippen LogP contribution in [0.5, 0.6) is 11.5 Å². The number of nitrogens with zero attached hydrogens (tertiary/aromatic N) is 2. The molecule has 1 fully saturated rings. The van der Waals surface area contributed by atoms with E-state index in [4.69, 9.17) is 18.9 Å². The molecule has 176 valence electrons. The number of benzene rings is 2. The molecule has 0 aliphatic carbocycles. The predicted octanol–water partition coefficient (Wildman–Crippen LogP) is 2.42. The highest BCUT2D eigenvalue weighted by atomic mass is 16.5. The van der Waals surface area contributed by atoms with E-state index in [0.29, 0.717) is 25.4 Å². The van der Waals surface area contributed by atoms with E-state index in [2.05, 4.69) is 9.80 Å². The maximum Gasteiger partial charge on any atom is 0.165 e. The van der Waals surface area contributed by atoms with E-state index in [0.717, 1.165) is 56.3 Å². The summed E-state index contributed by atoms with van der Waals surface area (Å²) in [5, 5.41) is 10.7. The number of morpholine rings is 1. The normalized spacial score (nSPS) is 15.6. The molecular formula is C25H36N2O5. The van der Waals surface area contributed by atoms with Crippen molar-refractivity contribution in [3.05, 3.63) is 59.7 Å². The fourth-order valence-electron chi connectivity index (χ4n) is 3.90. The predicted molar refractivity (Wildman–Crippen MR) is 124 cm³/mol. The van der Waals surface area contributed by atoms with Crippen molar-refractivity contribution in [3.8, 4) is 11.5 Å². The smallest absolute Gasteiger partial charge is 0.165 e. The Bertz CT molecular complexity index is 783. The summed E-state index contributed by atoms with van der Waals surface area (Å²) in [5.41, 5.74) is 2.14. The molecule has 32 heavy (non-hydrogen) atoms. The van der Waals surface area contributed by atoms with Crippen LogP contribution in [-0.2, 0) is 22.6 Å². The number of aliphatic hydroxyl groups excluding tert-OH is 1. The van der Waals surface area contributed by atoms with Crippen molar-refractivity contribution in [1.82, 2.24) is 9.80 Å². The van der Waals surface area contributed by atoms with Gasteiger partial charge in [-0.05, 0) is 11.6 Å². The zero-order chi connectivity index (χ0) is 22.6. The summed E-state index contributed by atoms with van der Waals surface area (Å²) in [5.74, 6) is 1.45. The number of aliphatic hydroxyl groups is 1. The van der Waals surface area contributed by atoms with Gasteiger partial charge in [-0.1, -0.05) is 42.5 Å². The Labute approximate surface area is 191 Å². The van der Waals surface area contributed by atoms with Crippen LogP contribution in [-0.4, -0.2) is 87.8 Å². The highest BCUT2D eigenvalue weighted by Gasteiger charge is 2.19. The Morgan fingerprint density at radius 2 is 1.81 bits per heavy atom. The summed E-state index contributed by atoms with van der Waals surface area (Å²) in [6.45, 7) is 7.15. The molecule has 7 nitrogen and oxygen atoms in total. The van der Waals surface area contributed by atoms with E-state index in [-0.39, 0.29) is 6.61 Å². The van der Waals surface area contributed by atoms with Crippen LogP contribution in [0, 0.1) is 0 Å². The van der Waals surface area contributed by atoms with Gasteiger partial charge >= 0.3 is 0 Å². The third kappa shape index (κ3) is 7.76. The van der Waals surface area contributed by atoms with Gasteiger partial charge in [0.25, 0.3) is 0 Å². The lowest BCUT2D eigenvalue weighted by Gasteiger charge is -2.31. The number of hydrogen-bond donors (Lipinski definition) is 1. The summed E-state index contributed by atoms with van der Waals surface area (Å²) in [7, 11) is 3.30. The fourth-order valence-corrected chi connectivity index (χ4v) is 3.90. The van der Waals surface area contributed by atoms with Crippen LogP contribution in [0.2, 0.25) is 0 Å². The van der Waals surface area contributed by atoms with Crippen LogP contribution in [0.1, 0.15) is 11.1 Å². The maximum atomic E-state index is 10.7. The molecule has 1 aliphatic heterocycles. The molecule has 7 heteroatoms. The van der Waals surface area contributed by atoms with Gasteiger partial charge < -0.3 is 24.1 Å². The average molecular weight is 445 g/mol. The molecule has 1 heterocycles. The van der Waals surface area contributed by atoms with Gasteiger partial charge in [0, 0.05) is 44.8 Å². The van der Waals surface area contributed by atoms with Crippen molar-refractivity contribution in [2.45, 2.75) is 19.3 Å². The van der Waals surface area contributed by atoms with Crippen molar-refractivity contribution < 1.29 is 24.1 Å². The van der Waals surface area contributed by atoms with Crippen LogP contribution in [0.4, 0.5) is 0 Å². The van der Waals surface area contributed by atoms with Gasteiger partial charge in [0.1, 0.15) is 0 Å². The zero-order valence-corrected chi connectivity index (χ0v) is 19.2. The second-order valence-corrected chi connectivity index (χ2v) is 8.00. The zero-order valence-electron chi connectivity index (χ0n) is 19.2. The van der Waals surface area contributed by atoms with Crippen molar-refractivity contribution in [2.75, 3.05) is 66.8 Å². The quantitative estimate of drug-likeness (QED) is 0.509. The average Bonchev–Trinajstić information content (AvgIpc) is 2.83. The van der Waals surface area contributed by atoms with Crippen molar-refractivity contribution in [1.29, 1.82) is 0 Å². The lowest BCUT2D eigenvalue weighted by atomic mass is 10.1. The number of hydrogen-bond acceptors (Lipinski definition) is 7. The van der Waals surface area contributed by atoms with Crippen LogP contribution in [0.3, 0.4) is 0 Å². The lowest BCUT2D eigenvalue weighted by molar-refractivity contribution is 0.00199.